The van der Waals surface area contributed by atoms with Crippen molar-refractivity contribution in [1.29, 1.82) is 0 Å². The minimum atomic E-state index is -0.00383. The van der Waals surface area contributed by atoms with Crippen LogP contribution in [0.15, 0.2) is 30.3 Å². The van der Waals surface area contributed by atoms with Crippen molar-refractivity contribution in [3.63, 3.8) is 0 Å². The smallest absolute Gasteiger partial charge is 0.272 e. The Labute approximate surface area is 154 Å². The number of likely N-dealkylation sites (tertiary alicyclic amines) is 1. The highest BCUT2D eigenvalue weighted by Gasteiger charge is 2.24. The van der Waals surface area contributed by atoms with E-state index in [1.807, 2.05) is 29.2 Å². The van der Waals surface area contributed by atoms with Gasteiger partial charge in [-0.15, -0.1) is 24.8 Å². The number of piperidine rings is 1. The van der Waals surface area contributed by atoms with Crippen molar-refractivity contribution in [2.45, 2.75) is 12.8 Å². The molecular formula is C17H23Cl2N3O2. The second-order valence-corrected chi connectivity index (χ2v) is 5.75. The minimum absolute atomic E-state index is 0. The first-order chi connectivity index (χ1) is 10.7. The summed E-state index contributed by atoms with van der Waals surface area (Å²) in [7, 11) is 1.64. The molecular weight excluding hydrogens is 349 g/mol. The largest absolute Gasteiger partial charge is 0.497 e. The number of aromatic nitrogens is 1. The SMILES string of the molecule is COc1ccc2nc(C(=O)N3CCCC(CN)C3)ccc2c1.Cl.Cl. The summed E-state index contributed by atoms with van der Waals surface area (Å²) < 4.78 is 5.20. The third-order valence-corrected chi connectivity index (χ3v) is 4.26. The van der Waals surface area contributed by atoms with Crippen LogP contribution in [0.2, 0.25) is 0 Å². The molecule has 3 rings (SSSR count). The Balaban J connectivity index is 0.00000144. The lowest BCUT2D eigenvalue weighted by Gasteiger charge is -2.31. The highest BCUT2D eigenvalue weighted by atomic mass is 35.5. The molecule has 1 aromatic carbocycles. The molecule has 1 aliphatic rings. The van der Waals surface area contributed by atoms with E-state index in [4.69, 9.17) is 10.5 Å². The Kier molecular flexibility index (Phi) is 7.73. The van der Waals surface area contributed by atoms with Crippen molar-refractivity contribution in [3.8, 4) is 5.75 Å². The lowest BCUT2D eigenvalue weighted by molar-refractivity contribution is 0.0672. The van der Waals surface area contributed by atoms with Gasteiger partial charge in [0, 0.05) is 18.5 Å². The number of ether oxygens (including phenoxy) is 1. The van der Waals surface area contributed by atoms with Gasteiger partial charge in [0.05, 0.1) is 12.6 Å². The first-order valence-corrected chi connectivity index (χ1v) is 7.65. The number of pyridine rings is 1. The maximum Gasteiger partial charge on any atom is 0.272 e. The number of hydrogen-bond donors (Lipinski definition) is 1. The molecule has 132 valence electrons. The van der Waals surface area contributed by atoms with Crippen LogP contribution in [0.5, 0.6) is 5.75 Å². The molecule has 1 amide bonds. The van der Waals surface area contributed by atoms with Gasteiger partial charge in [0.15, 0.2) is 0 Å². The molecule has 0 aliphatic carbocycles. The monoisotopic (exact) mass is 371 g/mol. The number of rotatable bonds is 3. The summed E-state index contributed by atoms with van der Waals surface area (Å²) in [5.41, 5.74) is 7.04. The van der Waals surface area contributed by atoms with Gasteiger partial charge < -0.3 is 15.4 Å². The molecule has 1 atom stereocenters. The fourth-order valence-electron chi connectivity index (χ4n) is 2.95. The molecule has 0 bridgehead atoms. The van der Waals surface area contributed by atoms with E-state index in [9.17, 15) is 4.79 Å². The highest BCUT2D eigenvalue weighted by Crippen LogP contribution is 2.21. The number of nitrogens with two attached hydrogens (primary N) is 1. The molecule has 7 heteroatoms. The number of carbonyl (C=O) groups is 1. The number of benzene rings is 1. The molecule has 2 heterocycles. The zero-order valence-corrected chi connectivity index (χ0v) is 15.2. The van der Waals surface area contributed by atoms with Crippen molar-refractivity contribution in [1.82, 2.24) is 9.88 Å². The predicted molar refractivity (Wildman–Crippen MR) is 100 cm³/mol. The maximum atomic E-state index is 12.6. The van der Waals surface area contributed by atoms with Crippen molar-refractivity contribution < 1.29 is 9.53 Å². The van der Waals surface area contributed by atoms with E-state index in [1.54, 1.807) is 13.2 Å². The number of carbonyl (C=O) groups excluding carboxylic acids is 1. The lowest BCUT2D eigenvalue weighted by atomic mass is 9.98. The van der Waals surface area contributed by atoms with Crippen molar-refractivity contribution in [2.75, 3.05) is 26.7 Å². The van der Waals surface area contributed by atoms with Gasteiger partial charge >= 0.3 is 0 Å². The molecule has 1 unspecified atom stereocenters. The molecule has 0 radical (unpaired) electrons. The van der Waals surface area contributed by atoms with Gasteiger partial charge in [-0.25, -0.2) is 4.98 Å². The normalized spacial score (nSPS) is 16.9. The van der Waals surface area contributed by atoms with Crippen LogP contribution in [0.25, 0.3) is 10.9 Å². The van der Waals surface area contributed by atoms with E-state index in [0.29, 0.717) is 18.2 Å². The lowest BCUT2D eigenvalue weighted by Crippen LogP contribution is -2.42. The first kappa shape index (κ1) is 20.5. The molecule has 24 heavy (non-hydrogen) atoms. The molecule has 1 saturated heterocycles. The van der Waals surface area contributed by atoms with Crippen molar-refractivity contribution in [3.05, 3.63) is 36.0 Å². The summed E-state index contributed by atoms with van der Waals surface area (Å²) in [6, 6.07) is 9.36. The Morgan fingerprint density at radius 3 is 2.83 bits per heavy atom. The summed E-state index contributed by atoms with van der Waals surface area (Å²) in [4.78, 5) is 19.0. The Morgan fingerprint density at radius 2 is 2.12 bits per heavy atom. The molecule has 1 fully saturated rings. The number of amides is 1. The third kappa shape index (κ3) is 4.29. The van der Waals surface area contributed by atoms with Gasteiger partial charge in [-0.1, -0.05) is 6.07 Å². The number of halogens is 2. The van der Waals surface area contributed by atoms with E-state index >= 15 is 0 Å². The molecule has 0 spiro atoms. The van der Waals surface area contributed by atoms with E-state index in [-0.39, 0.29) is 30.7 Å². The minimum Gasteiger partial charge on any atom is -0.497 e. The Bertz CT molecular complexity index is 697. The summed E-state index contributed by atoms with van der Waals surface area (Å²) in [5.74, 6) is 1.19. The van der Waals surface area contributed by atoms with Crippen LogP contribution < -0.4 is 10.5 Å². The van der Waals surface area contributed by atoms with Crippen LogP contribution in [0.4, 0.5) is 0 Å². The van der Waals surface area contributed by atoms with Crippen LogP contribution in [0.1, 0.15) is 23.3 Å². The van der Waals surface area contributed by atoms with Gasteiger partial charge in [-0.05, 0) is 49.6 Å². The summed E-state index contributed by atoms with van der Waals surface area (Å²) in [5, 5.41) is 0.967. The Hall–Kier alpha value is -1.56. The molecule has 2 N–H and O–H groups in total. The average Bonchev–Trinajstić information content (AvgIpc) is 2.60. The fourth-order valence-corrected chi connectivity index (χ4v) is 2.95. The average molecular weight is 372 g/mol. The molecule has 1 aromatic heterocycles. The highest BCUT2D eigenvalue weighted by molar-refractivity contribution is 5.95. The van der Waals surface area contributed by atoms with Gasteiger partial charge in [0.1, 0.15) is 11.4 Å². The van der Waals surface area contributed by atoms with Gasteiger partial charge in [0.2, 0.25) is 0 Å². The van der Waals surface area contributed by atoms with Crippen molar-refractivity contribution in [2.24, 2.45) is 11.7 Å². The number of fused-ring (bicyclic) bond motifs is 1. The first-order valence-electron chi connectivity index (χ1n) is 7.65. The molecule has 0 saturated carbocycles. The van der Waals surface area contributed by atoms with Crippen LogP contribution >= 0.6 is 24.8 Å². The quantitative estimate of drug-likeness (QED) is 0.900. The zero-order valence-electron chi connectivity index (χ0n) is 13.6. The van der Waals surface area contributed by atoms with Crippen LogP contribution in [0, 0.1) is 5.92 Å². The van der Waals surface area contributed by atoms with Gasteiger partial charge in [0.25, 0.3) is 5.91 Å². The second-order valence-electron chi connectivity index (χ2n) is 5.75. The zero-order chi connectivity index (χ0) is 15.5. The van der Waals surface area contributed by atoms with E-state index < -0.39 is 0 Å². The Morgan fingerprint density at radius 1 is 1.33 bits per heavy atom. The fraction of sp³-hybridized carbons (Fsp3) is 0.412. The number of hydrogen-bond acceptors (Lipinski definition) is 4. The topological polar surface area (TPSA) is 68.5 Å². The van der Waals surface area contributed by atoms with Gasteiger partial charge in [-0.3, -0.25) is 4.79 Å². The number of methoxy groups -OCH3 is 1. The molecule has 1 aliphatic heterocycles. The predicted octanol–water partition coefficient (Wildman–Crippen LogP) is 2.90. The van der Waals surface area contributed by atoms with E-state index in [2.05, 4.69) is 4.98 Å². The van der Waals surface area contributed by atoms with Crippen LogP contribution in [0.3, 0.4) is 0 Å². The maximum absolute atomic E-state index is 12.6. The van der Waals surface area contributed by atoms with Crippen LogP contribution in [-0.2, 0) is 0 Å². The summed E-state index contributed by atoms with van der Waals surface area (Å²) in [6.07, 6.45) is 2.11. The molecule has 5 nitrogen and oxygen atoms in total. The van der Waals surface area contributed by atoms with E-state index in [1.165, 1.54) is 0 Å². The number of nitrogens with zero attached hydrogens (tertiary/aromatic N) is 2. The molecule has 2 aromatic rings. The summed E-state index contributed by atoms with van der Waals surface area (Å²) >= 11 is 0. The standard InChI is InChI=1S/C17H21N3O2.2ClH/c1-22-14-5-7-15-13(9-14)4-6-16(19-15)17(21)20-8-2-3-12(10-18)11-20;;/h4-7,9,12H,2-3,8,10-11,18H2,1H3;2*1H. The third-order valence-electron chi connectivity index (χ3n) is 4.26. The van der Waals surface area contributed by atoms with Crippen LogP contribution in [-0.4, -0.2) is 42.5 Å². The van der Waals surface area contributed by atoms with Crippen molar-refractivity contribution >= 4 is 41.6 Å². The van der Waals surface area contributed by atoms with E-state index in [0.717, 1.165) is 42.6 Å². The second kappa shape index (κ2) is 9.06. The van der Waals surface area contributed by atoms with Gasteiger partial charge in [-0.2, -0.15) is 0 Å². The summed E-state index contributed by atoms with van der Waals surface area (Å²) in [6.45, 7) is 2.16.